The second kappa shape index (κ2) is 5.81. The van der Waals surface area contributed by atoms with Crippen molar-refractivity contribution in [3.05, 3.63) is 41.5 Å². The number of ketones is 1. The lowest BCUT2D eigenvalue weighted by molar-refractivity contribution is -0.112. The fourth-order valence-electron chi connectivity index (χ4n) is 2.53. The highest BCUT2D eigenvalue weighted by atomic mass is 16.1. The van der Waals surface area contributed by atoms with Crippen LogP contribution < -0.4 is 0 Å². The Morgan fingerprint density at radius 2 is 1.76 bits per heavy atom. The molecule has 90 valence electrons. The van der Waals surface area contributed by atoms with Gasteiger partial charge in [-0.3, -0.25) is 4.79 Å². The summed E-state index contributed by atoms with van der Waals surface area (Å²) in [5.41, 5.74) is 2.57. The van der Waals surface area contributed by atoms with Crippen molar-refractivity contribution in [3.8, 4) is 0 Å². The van der Waals surface area contributed by atoms with Gasteiger partial charge in [-0.2, -0.15) is 0 Å². The number of hydrogen-bond acceptors (Lipinski definition) is 1. The molecule has 1 aromatic carbocycles. The summed E-state index contributed by atoms with van der Waals surface area (Å²) in [4.78, 5) is 10.8. The first-order valence-electron chi connectivity index (χ1n) is 6.54. The normalized spacial score (nSPS) is 17.5. The summed E-state index contributed by atoms with van der Waals surface area (Å²) in [5.74, 6) is 0.857. The average molecular weight is 228 g/mol. The van der Waals surface area contributed by atoms with Crippen LogP contribution in [0.15, 0.2) is 30.3 Å². The van der Waals surface area contributed by atoms with E-state index in [4.69, 9.17) is 0 Å². The Hall–Kier alpha value is -1.37. The first kappa shape index (κ1) is 12.1. The summed E-state index contributed by atoms with van der Waals surface area (Å²) >= 11 is 0. The number of allylic oxidation sites excluding steroid dienone is 1. The SMILES string of the molecule is CC(=O)/C=C/c1ccc(C2CCCCC2)cc1. The van der Waals surface area contributed by atoms with Crippen LogP contribution in [0.3, 0.4) is 0 Å². The fraction of sp³-hybridized carbons (Fsp3) is 0.438. The molecular formula is C16H20O. The van der Waals surface area contributed by atoms with Gasteiger partial charge in [0.05, 0.1) is 0 Å². The van der Waals surface area contributed by atoms with E-state index in [1.54, 1.807) is 13.0 Å². The monoisotopic (exact) mass is 228 g/mol. The van der Waals surface area contributed by atoms with Crippen molar-refractivity contribution in [2.24, 2.45) is 0 Å². The second-order valence-electron chi connectivity index (χ2n) is 4.95. The van der Waals surface area contributed by atoms with E-state index in [-0.39, 0.29) is 5.78 Å². The van der Waals surface area contributed by atoms with Gasteiger partial charge in [-0.15, -0.1) is 0 Å². The van der Waals surface area contributed by atoms with Gasteiger partial charge in [0.25, 0.3) is 0 Å². The molecule has 1 aromatic rings. The van der Waals surface area contributed by atoms with E-state index in [2.05, 4.69) is 24.3 Å². The third-order valence-corrected chi connectivity index (χ3v) is 3.52. The van der Waals surface area contributed by atoms with Gasteiger partial charge in [0, 0.05) is 0 Å². The molecule has 1 heteroatoms. The van der Waals surface area contributed by atoms with Crippen molar-refractivity contribution in [2.75, 3.05) is 0 Å². The third-order valence-electron chi connectivity index (χ3n) is 3.52. The molecule has 0 amide bonds. The highest BCUT2D eigenvalue weighted by Crippen LogP contribution is 2.32. The first-order valence-corrected chi connectivity index (χ1v) is 6.54. The van der Waals surface area contributed by atoms with Crippen LogP contribution in [0.5, 0.6) is 0 Å². The summed E-state index contributed by atoms with van der Waals surface area (Å²) in [6.07, 6.45) is 10.3. The zero-order valence-corrected chi connectivity index (χ0v) is 10.5. The first-order chi connectivity index (χ1) is 8.25. The number of carbonyl (C=O) groups is 1. The lowest BCUT2D eigenvalue weighted by Crippen LogP contribution is -2.04. The maximum atomic E-state index is 10.8. The van der Waals surface area contributed by atoms with E-state index in [0.29, 0.717) is 0 Å². The highest BCUT2D eigenvalue weighted by Gasteiger charge is 2.14. The van der Waals surface area contributed by atoms with Gasteiger partial charge in [0.2, 0.25) is 0 Å². The van der Waals surface area contributed by atoms with Gasteiger partial charge in [-0.25, -0.2) is 0 Å². The molecule has 0 aromatic heterocycles. The molecule has 0 N–H and O–H groups in total. The second-order valence-corrected chi connectivity index (χ2v) is 4.95. The third kappa shape index (κ3) is 3.55. The van der Waals surface area contributed by atoms with E-state index in [0.717, 1.165) is 11.5 Å². The van der Waals surface area contributed by atoms with Gasteiger partial charge in [-0.1, -0.05) is 49.6 Å². The molecule has 1 fully saturated rings. The Kier molecular flexibility index (Phi) is 4.13. The molecular weight excluding hydrogens is 208 g/mol. The summed E-state index contributed by atoms with van der Waals surface area (Å²) < 4.78 is 0. The topological polar surface area (TPSA) is 17.1 Å². The van der Waals surface area contributed by atoms with Gasteiger partial charge < -0.3 is 0 Å². The minimum Gasteiger partial charge on any atom is -0.295 e. The van der Waals surface area contributed by atoms with Crippen molar-refractivity contribution < 1.29 is 4.79 Å². The molecule has 0 aliphatic heterocycles. The van der Waals surface area contributed by atoms with Crippen LogP contribution in [0.2, 0.25) is 0 Å². The Labute approximate surface area is 104 Å². The molecule has 0 unspecified atom stereocenters. The maximum absolute atomic E-state index is 10.8. The minimum atomic E-state index is 0.0985. The molecule has 0 saturated heterocycles. The Bertz CT molecular complexity index is 394. The van der Waals surface area contributed by atoms with E-state index < -0.39 is 0 Å². The van der Waals surface area contributed by atoms with Crippen LogP contribution in [0.4, 0.5) is 0 Å². The standard InChI is InChI=1S/C16H20O/c1-13(17)7-8-14-9-11-16(12-10-14)15-5-3-2-4-6-15/h7-12,15H,2-6H2,1H3/b8-7+. The van der Waals surface area contributed by atoms with Crippen molar-refractivity contribution in [1.82, 2.24) is 0 Å². The van der Waals surface area contributed by atoms with E-state index in [1.807, 2.05) is 6.08 Å². The predicted molar refractivity (Wildman–Crippen MR) is 72.0 cm³/mol. The molecule has 0 spiro atoms. The zero-order chi connectivity index (χ0) is 12.1. The van der Waals surface area contributed by atoms with Crippen LogP contribution in [0, 0.1) is 0 Å². The molecule has 0 heterocycles. The smallest absolute Gasteiger partial charge is 0.152 e. The Morgan fingerprint density at radius 1 is 1.12 bits per heavy atom. The maximum Gasteiger partial charge on any atom is 0.152 e. The van der Waals surface area contributed by atoms with Crippen molar-refractivity contribution in [3.63, 3.8) is 0 Å². The van der Waals surface area contributed by atoms with Gasteiger partial charge in [0.15, 0.2) is 5.78 Å². The lowest BCUT2D eigenvalue weighted by Gasteiger charge is -2.21. The summed E-state index contributed by atoms with van der Waals surface area (Å²) in [7, 11) is 0. The van der Waals surface area contributed by atoms with Gasteiger partial charge in [-0.05, 0) is 42.9 Å². The van der Waals surface area contributed by atoms with E-state index >= 15 is 0 Å². The minimum absolute atomic E-state index is 0.0985. The molecule has 1 aliphatic carbocycles. The van der Waals surface area contributed by atoms with Crippen LogP contribution in [0.25, 0.3) is 6.08 Å². The summed E-state index contributed by atoms with van der Waals surface area (Å²) in [5, 5.41) is 0. The van der Waals surface area contributed by atoms with Crippen molar-refractivity contribution in [2.45, 2.75) is 44.9 Å². The van der Waals surface area contributed by atoms with Gasteiger partial charge in [0.1, 0.15) is 0 Å². The van der Waals surface area contributed by atoms with Crippen molar-refractivity contribution >= 4 is 11.9 Å². The van der Waals surface area contributed by atoms with Crippen LogP contribution >= 0.6 is 0 Å². The molecule has 2 rings (SSSR count). The largest absolute Gasteiger partial charge is 0.295 e. The van der Waals surface area contributed by atoms with Crippen LogP contribution in [0.1, 0.15) is 56.1 Å². The summed E-state index contributed by atoms with van der Waals surface area (Å²) in [6.45, 7) is 1.58. The molecule has 1 saturated carbocycles. The molecule has 1 aliphatic rings. The number of carbonyl (C=O) groups excluding carboxylic acids is 1. The summed E-state index contributed by atoms with van der Waals surface area (Å²) in [6, 6.07) is 8.67. The number of rotatable bonds is 3. The number of hydrogen-bond donors (Lipinski definition) is 0. The predicted octanol–water partition coefficient (Wildman–Crippen LogP) is 4.34. The van der Waals surface area contributed by atoms with Crippen LogP contribution in [-0.2, 0) is 4.79 Å². The zero-order valence-electron chi connectivity index (χ0n) is 10.5. The highest BCUT2D eigenvalue weighted by molar-refractivity contribution is 5.91. The number of benzene rings is 1. The van der Waals surface area contributed by atoms with Crippen LogP contribution in [-0.4, -0.2) is 5.78 Å². The van der Waals surface area contributed by atoms with Crippen molar-refractivity contribution in [1.29, 1.82) is 0 Å². The molecule has 0 radical (unpaired) electrons. The quantitative estimate of drug-likeness (QED) is 0.703. The van der Waals surface area contributed by atoms with E-state index in [9.17, 15) is 4.79 Å². The van der Waals surface area contributed by atoms with Gasteiger partial charge >= 0.3 is 0 Å². The fourth-order valence-corrected chi connectivity index (χ4v) is 2.53. The molecule has 0 atom stereocenters. The molecule has 0 bridgehead atoms. The molecule has 1 nitrogen and oxygen atoms in total. The average Bonchev–Trinajstić information content (AvgIpc) is 2.38. The van der Waals surface area contributed by atoms with E-state index in [1.165, 1.54) is 37.7 Å². The lowest BCUT2D eigenvalue weighted by atomic mass is 9.84. The Balaban J connectivity index is 2.04. The Morgan fingerprint density at radius 3 is 2.35 bits per heavy atom. The molecule has 17 heavy (non-hydrogen) atoms.